The minimum Gasteiger partial charge on any atom is -0.363 e. The Morgan fingerprint density at radius 2 is 1.38 bits per heavy atom. The van der Waals surface area contributed by atoms with Gasteiger partial charge in [-0.25, -0.2) is 9.37 Å². The number of halogens is 1. The predicted molar refractivity (Wildman–Crippen MR) is 120 cm³/mol. The second kappa shape index (κ2) is 7.77. The quantitative estimate of drug-likeness (QED) is 0.340. The maximum Gasteiger partial charge on any atom is 0.225 e. The molecule has 5 aromatic rings. The average Bonchev–Trinajstić information content (AvgIpc) is 3.36. The van der Waals surface area contributed by atoms with Gasteiger partial charge in [-0.1, -0.05) is 36.4 Å². The third-order valence-electron chi connectivity index (χ3n) is 4.75. The van der Waals surface area contributed by atoms with E-state index >= 15 is 0 Å². The smallest absolute Gasteiger partial charge is 0.225 e. The molecule has 2 N–H and O–H groups in total. The molecule has 2 aromatic carbocycles. The first-order valence-electron chi connectivity index (χ1n) is 9.18. The summed E-state index contributed by atoms with van der Waals surface area (Å²) in [5, 5.41) is 12.9. The molecule has 5 rings (SSSR count). The largest absolute Gasteiger partial charge is 0.363 e. The minimum absolute atomic E-state index is 0.202. The highest BCUT2D eigenvalue weighted by Gasteiger charge is 2.10. The zero-order valence-electron chi connectivity index (χ0n) is 15.4. The monoisotopic (exact) mass is 420 g/mol. The standard InChI is InChI=1S/C22H17FN4S2/c23-18-11-26-22(25-10-15-13-29-20-8-4-2-6-17(15)20)27-21(18)24-9-14-12-28-19-7-3-1-5-16(14)19/h1-8,11-13H,9-10H2,(H2,24,25,26,27). The normalized spacial score (nSPS) is 11.2. The Bertz CT molecular complexity index is 1290. The number of fused-ring (bicyclic) bond motifs is 2. The molecule has 3 aromatic heterocycles. The van der Waals surface area contributed by atoms with Crippen LogP contribution in [0.4, 0.5) is 16.2 Å². The van der Waals surface area contributed by atoms with Crippen molar-refractivity contribution in [2.24, 2.45) is 0 Å². The average molecular weight is 421 g/mol. The van der Waals surface area contributed by atoms with Gasteiger partial charge in [0, 0.05) is 22.5 Å². The number of nitrogens with zero attached hydrogens (tertiary/aromatic N) is 2. The first-order valence-corrected chi connectivity index (χ1v) is 10.9. The molecule has 0 saturated carbocycles. The van der Waals surface area contributed by atoms with Crippen LogP contribution in [0.3, 0.4) is 0 Å². The van der Waals surface area contributed by atoms with Crippen LogP contribution in [0.5, 0.6) is 0 Å². The molecule has 0 bridgehead atoms. The van der Waals surface area contributed by atoms with E-state index in [-0.39, 0.29) is 5.82 Å². The van der Waals surface area contributed by atoms with Gasteiger partial charge in [0.25, 0.3) is 0 Å². The molecule has 0 atom stereocenters. The Balaban J connectivity index is 1.31. The summed E-state index contributed by atoms with van der Waals surface area (Å²) >= 11 is 3.40. The number of anilines is 2. The van der Waals surface area contributed by atoms with E-state index in [2.05, 4.69) is 55.6 Å². The predicted octanol–water partition coefficient (Wildman–Crippen LogP) is 6.27. The molecule has 0 aliphatic heterocycles. The van der Waals surface area contributed by atoms with Crippen molar-refractivity contribution < 1.29 is 4.39 Å². The summed E-state index contributed by atoms with van der Waals surface area (Å²) in [5.74, 6) is 0.142. The van der Waals surface area contributed by atoms with E-state index in [1.807, 2.05) is 24.3 Å². The third kappa shape index (κ3) is 3.66. The van der Waals surface area contributed by atoms with E-state index in [0.29, 0.717) is 19.0 Å². The number of hydrogen-bond donors (Lipinski definition) is 2. The number of nitrogens with one attached hydrogen (secondary N) is 2. The van der Waals surface area contributed by atoms with Gasteiger partial charge in [0.05, 0.1) is 6.20 Å². The van der Waals surface area contributed by atoms with E-state index in [1.165, 1.54) is 31.9 Å². The molecule has 0 aliphatic rings. The van der Waals surface area contributed by atoms with Gasteiger partial charge in [-0.2, -0.15) is 4.98 Å². The highest BCUT2D eigenvalue weighted by atomic mass is 32.1. The minimum atomic E-state index is -0.462. The lowest BCUT2D eigenvalue weighted by atomic mass is 10.2. The Morgan fingerprint density at radius 1 is 0.793 bits per heavy atom. The molecule has 0 fully saturated rings. The van der Waals surface area contributed by atoms with Gasteiger partial charge < -0.3 is 10.6 Å². The summed E-state index contributed by atoms with van der Waals surface area (Å²) in [6, 6.07) is 16.5. The van der Waals surface area contributed by atoms with Crippen LogP contribution in [-0.4, -0.2) is 9.97 Å². The van der Waals surface area contributed by atoms with Crippen molar-refractivity contribution in [2.75, 3.05) is 10.6 Å². The van der Waals surface area contributed by atoms with Crippen molar-refractivity contribution in [1.29, 1.82) is 0 Å². The van der Waals surface area contributed by atoms with Crippen LogP contribution in [0.2, 0.25) is 0 Å². The van der Waals surface area contributed by atoms with Gasteiger partial charge >= 0.3 is 0 Å². The van der Waals surface area contributed by atoms with Gasteiger partial charge in [0.2, 0.25) is 5.95 Å². The van der Waals surface area contributed by atoms with Crippen LogP contribution in [0, 0.1) is 5.82 Å². The SMILES string of the molecule is Fc1cnc(NCc2csc3ccccc23)nc1NCc1csc2ccccc12. The van der Waals surface area contributed by atoms with E-state index in [9.17, 15) is 4.39 Å². The topological polar surface area (TPSA) is 49.8 Å². The molecule has 0 spiro atoms. The van der Waals surface area contributed by atoms with E-state index in [0.717, 1.165) is 5.56 Å². The van der Waals surface area contributed by atoms with Gasteiger partial charge in [-0.15, -0.1) is 22.7 Å². The first kappa shape index (κ1) is 18.0. The molecule has 0 radical (unpaired) electrons. The van der Waals surface area contributed by atoms with Crippen molar-refractivity contribution in [1.82, 2.24) is 9.97 Å². The van der Waals surface area contributed by atoms with Crippen molar-refractivity contribution in [3.63, 3.8) is 0 Å². The van der Waals surface area contributed by atoms with E-state index in [4.69, 9.17) is 0 Å². The molecule has 0 unspecified atom stereocenters. The summed E-state index contributed by atoms with van der Waals surface area (Å²) in [7, 11) is 0. The number of hydrogen-bond acceptors (Lipinski definition) is 6. The van der Waals surface area contributed by atoms with Gasteiger partial charge in [-0.3, -0.25) is 0 Å². The molecule has 7 heteroatoms. The number of rotatable bonds is 6. The van der Waals surface area contributed by atoms with Gasteiger partial charge in [0.15, 0.2) is 11.6 Å². The summed E-state index contributed by atoms with van der Waals surface area (Å²) in [6.07, 6.45) is 1.20. The van der Waals surface area contributed by atoms with Crippen LogP contribution in [0.1, 0.15) is 11.1 Å². The molecular formula is C22H17FN4S2. The molecular weight excluding hydrogens is 403 g/mol. The zero-order chi connectivity index (χ0) is 19.6. The maximum absolute atomic E-state index is 14.2. The van der Waals surface area contributed by atoms with Crippen molar-refractivity contribution in [3.05, 3.63) is 82.4 Å². The third-order valence-corrected chi connectivity index (χ3v) is 6.77. The molecule has 29 heavy (non-hydrogen) atoms. The molecule has 0 saturated heterocycles. The van der Waals surface area contributed by atoms with Crippen LogP contribution in [0.15, 0.2) is 65.5 Å². The zero-order valence-corrected chi connectivity index (χ0v) is 17.0. The summed E-state index contributed by atoms with van der Waals surface area (Å²) < 4.78 is 16.7. The number of benzene rings is 2. The molecule has 0 amide bonds. The fourth-order valence-electron chi connectivity index (χ4n) is 3.27. The molecule has 144 valence electrons. The van der Waals surface area contributed by atoms with Gasteiger partial charge in [-0.05, 0) is 44.8 Å². The van der Waals surface area contributed by atoms with Crippen molar-refractivity contribution >= 4 is 54.6 Å². The molecule has 3 heterocycles. The number of thiophene rings is 2. The van der Waals surface area contributed by atoms with Crippen LogP contribution in [0.25, 0.3) is 20.2 Å². The van der Waals surface area contributed by atoms with Crippen molar-refractivity contribution in [2.45, 2.75) is 13.1 Å². The van der Waals surface area contributed by atoms with E-state index < -0.39 is 5.82 Å². The first-order chi connectivity index (χ1) is 14.3. The lowest BCUT2D eigenvalue weighted by Crippen LogP contribution is -2.08. The Labute approximate surface area is 175 Å². The fourth-order valence-corrected chi connectivity index (χ4v) is 5.19. The Morgan fingerprint density at radius 3 is 2.03 bits per heavy atom. The van der Waals surface area contributed by atoms with Crippen LogP contribution < -0.4 is 10.6 Å². The highest BCUT2D eigenvalue weighted by molar-refractivity contribution is 7.17. The molecule has 4 nitrogen and oxygen atoms in total. The fraction of sp³-hybridized carbons (Fsp3) is 0.0909. The van der Waals surface area contributed by atoms with Gasteiger partial charge in [0.1, 0.15) is 0 Å². The lowest BCUT2D eigenvalue weighted by Gasteiger charge is -2.09. The van der Waals surface area contributed by atoms with E-state index in [1.54, 1.807) is 22.7 Å². The second-order valence-corrected chi connectivity index (χ2v) is 8.43. The van der Waals surface area contributed by atoms with Crippen LogP contribution in [-0.2, 0) is 13.1 Å². The summed E-state index contributed by atoms with van der Waals surface area (Å²) in [4.78, 5) is 8.41. The second-order valence-electron chi connectivity index (χ2n) is 6.61. The van der Waals surface area contributed by atoms with Crippen LogP contribution >= 0.6 is 22.7 Å². The number of aromatic nitrogens is 2. The lowest BCUT2D eigenvalue weighted by molar-refractivity contribution is 0.617. The summed E-state index contributed by atoms with van der Waals surface area (Å²) in [6.45, 7) is 1.09. The Hall–Kier alpha value is -3.03. The maximum atomic E-state index is 14.2. The Kier molecular flexibility index (Phi) is 4.83. The highest BCUT2D eigenvalue weighted by Crippen LogP contribution is 2.27. The molecule has 0 aliphatic carbocycles. The van der Waals surface area contributed by atoms with Crippen molar-refractivity contribution in [3.8, 4) is 0 Å². The summed E-state index contributed by atoms with van der Waals surface area (Å²) in [5.41, 5.74) is 2.31.